The first-order valence-electron chi connectivity index (χ1n) is 21.1. The zero-order valence-electron chi connectivity index (χ0n) is 40.6. The lowest BCUT2D eigenvalue weighted by molar-refractivity contribution is -2.00. The Morgan fingerprint density at radius 3 is 0.481 bits per heavy atom. The van der Waals surface area contributed by atoms with Gasteiger partial charge >= 0.3 is 0 Å². The van der Waals surface area contributed by atoms with E-state index in [-0.39, 0.29) is 16.4 Å². The van der Waals surface area contributed by atoms with Crippen LogP contribution in [0.2, 0.25) is 0 Å². The maximum Gasteiger partial charge on any atom is 0.101 e. The molecule has 0 atom stereocenters. The van der Waals surface area contributed by atoms with Gasteiger partial charge in [0.1, 0.15) is 39.3 Å². The van der Waals surface area contributed by atoms with Crippen LogP contribution in [0.25, 0.3) is 0 Å². The topological polar surface area (TPSA) is 754 Å². The van der Waals surface area contributed by atoms with E-state index in [2.05, 4.69) is 114 Å². The fourth-order valence-corrected chi connectivity index (χ4v) is 6.58. The molecule has 77 heavy (non-hydrogen) atoms. The van der Waals surface area contributed by atoms with E-state index < -0.39 is 61.5 Å². The van der Waals surface area contributed by atoms with Gasteiger partial charge in [0.25, 0.3) is 0 Å². The van der Waals surface area contributed by atoms with E-state index in [1.54, 1.807) is 0 Å². The minimum Gasteiger partial charge on any atom is -0.412 e. The van der Waals surface area contributed by atoms with Gasteiger partial charge in [-0.05, 0) is 18.2 Å². The highest BCUT2D eigenvalue weighted by atomic mass is 35.7. The van der Waals surface area contributed by atoms with E-state index in [1.807, 2.05) is 0 Å². The number of quaternary nitrogens is 6. The van der Waals surface area contributed by atoms with Gasteiger partial charge in [0.05, 0.1) is 39.3 Å². The lowest BCUT2D eigenvalue weighted by Gasteiger charge is -2.21. The third-order valence-electron chi connectivity index (χ3n) is 9.15. The van der Waals surface area contributed by atoms with Crippen molar-refractivity contribution < 1.29 is 222 Å². The highest BCUT2D eigenvalue weighted by molar-refractivity contribution is 5.23. The molecule has 3 aliphatic heterocycles. The summed E-state index contributed by atoms with van der Waals surface area (Å²) in [5.41, 5.74) is 8.70. The summed E-state index contributed by atoms with van der Waals surface area (Å²) >= 11 is 0. The molecule has 3 aromatic carbocycles. The Kier molecular flexibility index (Phi) is 48.6. The summed E-state index contributed by atoms with van der Waals surface area (Å²) in [5, 5.41) is 15.0. The van der Waals surface area contributed by atoms with Crippen LogP contribution in [0.15, 0.2) is 72.8 Å². The first-order valence-corrected chi connectivity index (χ1v) is 28.5. The maximum absolute atomic E-state index is 8.49. The molecule has 3 heterocycles. The van der Waals surface area contributed by atoms with Crippen LogP contribution in [0.3, 0.4) is 0 Å². The van der Waals surface area contributed by atoms with E-state index in [1.165, 1.54) is 33.4 Å². The summed E-state index contributed by atoms with van der Waals surface area (Å²) in [6.07, 6.45) is 0. The Balaban J connectivity index is -0.000000429. The van der Waals surface area contributed by atoms with Crippen molar-refractivity contribution in [3.8, 4) is 0 Å². The van der Waals surface area contributed by atoms with Gasteiger partial charge in [-0.25, -0.2) is 112 Å². The Hall–Kier alpha value is -2.00. The van der Waals surface area contributed by atoms with Crippen molar-refractivity contribution >= 4 is 0 Å². The van der Waals surface area contributed by atoms with E-state index in [0.29, 0.717) is 0 Å². The van der Waals surface area contributed by atoms with Crippen LogP contribution in [0.1, 0.15) is 33.4 Å². The standard InChI is InChI=1S/C36H54N8.6ClHO4.3H2O/c1-4-31-22-32(5-1)26-38-11-17-44-19-13-40-28-34-7-2-6-33(23-34)27-39-12-18-43(16-10-37-25-31)20-14-41-29-35-8-3-9-36(24-35)30-42-15-21-44;6*2-1(3,4)5;;;/h1-9,22-24,37-42H,10-21,25-30H2;6*(H,2,3,4,5);3*1H2. The van der Waals surface area contributed by atoms with Crippen molar-refractivity contribution in [1.82, 2.24) is 9.80 Å². The predicted octanol–water partition coefficient (Wildman–Crippen LogP) is -34.9. The SMILES string of the molecule is O.O.O.[O-][Cl+3]([O-])([O-])[O-].[O-][Cl+3]([O-])([O-])[O-].[O-][Cl+3]([O-])([O-])[O-].[O-][Cl+3]([O-])([O-])[O-].[O-][Cl+3]([O-])([O-])[O-].[O-][Cl+3]([O-])([O-])[O-].c1cc2cc(c1)C[NH2+]CCN1CC[NH2+]Cc3cccc(c3)C[NH2+]CCN(CC[NH2+]C2)CC[NH2+]Cc2cccc(c2)C[NH2+]CC1. The molecule has 41 heteroatoms. The molecule has 0 aliphatic carbocycles. The molecule has 454 valence electrons. The minimum absolute atomic E-state index is 0. The number of hydrogen-bond acceptors (Lipinski definition) is 26. The Labute approximate surface area is 453 Å². The summed E-state index contributed by atoms with van der Waals surface area (Å²) < 4.78 is 204. The second kappa shape index (κ2) is 44.6. The first kappa shape index (κ1) is 83.8. The van der Waals surface area contributed by atoms with Gasteiger partial charge in [0.15, 0.2) is 0 Å². The van der Waals surface area contributed by atoms with E-state index in [9.17, 15) is 0 Å². The lowest BCUT2D eigenvalue weighted by atomic mass is 10.1. The van der Waals surface area contributed by atoms with Gasteiger partial charge in [0.2, 0.25) is 0 Å². The van der Waals surface area contributed by atoms with Crippen LogP contribution in [0, 0.1) is 61.5 Å². The van der Waals surface area contributed by atoms with Crippen molar-refractivity contribution in [2.45, 2.75) is 39.3 Å². The van der Waals surface area contributed by atoms with Gasteiger partial charge in [0, 0.05) is 72.6 Å². The van der Waals surface area contributed by atoms with Crippen LogP contribution >= 0.6 is 0 Å². The lowest BCUT2D eigenvalue weighted by Crippen LogP contribution is -2.87. The Morgan fingerprint density at radius 2 is 0.364 bits per heavy atom. The van der Waals surface area contributed by atoms with Gasteiger partial charge in [-0.2, -0.15) is 0 Å². The van der Waals surface area contributed by atoms with Crippen LogP contribution in [-0.2, 0) is 39.3 Å². The Bertz CT molecular complexity index is 1510. The molecule has 3 aromatic rings. The normalized spacial score (nSPS) is 17.6. The fraction of sp³-hybridized carbons (Fsp3) is 0.500. The molecule has 18 N–H and O–H groups in total. The largest absolute Gasteiger partial charge is 0.412 e. The number of fused-ring (bicyclic) bond motifs is 18. The second-order valence-corrected chi connectivity index (χ2v) is 19.6. The molecule has 0 spiro atoms. The summed E-state index contributed by atoms with van der Waals surface area (Å²) in [6, 6.07) is 27.8. The number of halogens is 6. The van der Waals surface area contributed by atoms with Gasteiger partial charge in [-0.3, -0.25) is 9.80 Å². The van der Waals surface area contributed by atoms with Crippen molar-refractivity contribution in [2.75, 3.05) is 78.5 Å². The van der Waals surface area contributed by atoms with Crippen molar-refractivity contribution in [1.29, 1.82) is 0 Å². The number of nitrogens with zero attached hydrogens (tertiary/aromatic N) is 2. The highest BCUT2D eigenvalue weighted by Gasteiger charge is 2.12. The number of rotatable bonds is 0. The molecule has 0 saturated carbocycles. The molecule has 0 saturated heterocycles. The molecule has 8 bridgehead atoms. The third-order valence-corrected chi connectivity index (χ3v) is 9.15. The molecular formula is C36H66Cl6N8O27. The first-order chi connectivity index (χ1) is 33.8. The molecule has 3 aliphatic rings. The van der Waals surface area contributed by atoms with Crippen LogP contribution in [-0.4, -0.2) is 105 Å². The average molecular weight is 1260 g/mol. The molecule has 35 nitrogen and oxygen atoms in total. The average Bonchev–Trinajstić information content (AvgIpc) is 3.20. The van der Waals surface area contributed by atoms with Crippen LogP contribution in [0.4, 0.5) is 0 Å². The minimum atomic E-state index is -4.94. The summed E-state index contributed by atoms with van der Waals surface area (Å²) in [4.78, 5) is 5.37. The number of nitrogens with two attached hydrogens (primary N) is 6. The van der Waals surface area contributed by atoms with Gasteiger partial charge < -0.3 is 48.3 Å². The molecule has 0 aromatic heterocycles. The molecule has 0 fully saturated rings. The summed E-state index contributed by atoms with van der Waals surface area (Å²) in [5.74, 6) is 0. The molecule has 0 amide bonds. The molecule has 6 rings (SSSR count). The fourth-order valence-electron chi connectivity index (χ4n) is 6.58. The molecular weight excluding hydrogens is 1190 g/mol. The zero-order valence-corrected chi connectivity index (χ0v) is 45.1. The highest BCUT2D eigenvalue weighted by Crippen LogP contribution is 2.05. The van der Waals surface area contributed by atoms with Crippen molar-refractivity contribution in [3.05, 3.63) is 106 Å². The predicted molar refractivity (Wildman–Crippen MR) is 186 cm³/mol. The van der Waals surface area contributed by atoms with Gasteiger partial charge in [-0.1, -0.05) is 54.6 Å². The summed E-state index contributed by atoms with van der Waals surface area (Å²) in [6.45, 7) is 20.1. The molecule has 0 radical (unpaired) electrons. The van der Waals surface area contributed by atoms with Crippen molar-refractivity contribution in [2.24, 2.45) is 0 Å². The smallest absolute Gasteiger partial charge is 0.101 e. The quantitative estimate of drug-likeness (QED) is 0.122. The molecule has 0 unspecified atom stereocenters. The number of hydrogen-bond donors (Lipinski definition) is 6. The zero-order chi connectivity index (χ0) is 57.1. The van der Waals surface area contributed by atoms with Crippen molar-refractivity contribution in [3.63, 3.8) is 0 Å². The monoisotopic (exact) mass is 1250 g/mol. The van der Waals surface area contributed by atoms with Gasteiger partial charge in [-0.15, -0.1) is 61.5 Å². The van der Waals surface area contributed by atoms with Crippen LogP contribution < -0.4 is 144 Å². The van der Waals surface area contributed by atoms with E-state index in [0.717, 1.165) is 118 Å². The second-order valence-electron chi connectivity index (χ2n) is 15.1. The van der Waals surface area contributed by atoms with Crippen LogP contribution in [0.5, 0.6) is 0 Å². The van der Waals surface area contributed by atoms with E-state index >= 15 is 0 Å². The summed E-state index contributed by atoms with van der Waals surface area (Å²) in [7, 11) is -29.7. The van der Waals surface area contributed by atoms with E-state index in [4.69, 9.17) is 112 Å². The Morgan fingerprint density at radius 1 is 0.247 bits per heavy atom. The third kappa shape index (κ3) is 78.3. The number of benzene rings is 3. The maximum atomic E-state index is 8.49.